The molecule has 20 heavy (non-hydrogen) atoms. The van der Waals surface area contributed by atoms with Crippen LogP contribution in [0.4, 0.5) is 0 Å². The summed E-state index contributed by atoms with van der Waals surface area (Å²) in [4.78, 5) is 0. The van der Waals surface area contributed by atoms with Crippen LogP contribution in [0.2, 0.25) is 0 Å². The summed E-state index contributed by atoms with van der Waals surface area (Å²) >= 11 is 3.50. The maximum atomic E-state index is 4.49. The number of aromatic nitrogens is 3. The van der Waals surface area contributed by atoms with Gasteiger partial charge in [-0.2, -0.15) is 0 Å². The lowest BCUT2D eigenvalue weighted by atomic mass is 9.85. The Bertz CT molecular complexity index is 536. The van der Waals surface area contributed by atoms with E-state index >= 15 is 0 Å². The minimum atomic E-state index is 0.307. The summed E-state index contributed by atoms with van der Waals surface area (Å²) < 4.78 is 2.23. The zero-order valence-electron chi connectivity index (χ0n) is 12.4. The minimum absolute atomic E-state index is 0.307. The van der Waals surface area contributed by atoms with Crippen molar-refractivity contribution in [1.82, 2.24) is 14.8 Å². The summed E-state index contributed by atoms with van der Waals surface area (Å²) in [6.45, 7) is 7.58. The van der Waals surface area contributed by atoms with Crippen LogP contribution in [0.15, 0.2) is 30.3 Å². The third-order valence-corrected chi connectivity index (χ3v) is 4.44. The molecule has 0 spiro atoms. The predicted molar refractivity (Wildman–Crippen MR) is 86.1 cm³/mol. The first-order valence-corrected chi connectivity index (χ1v) is 8.37. The maximum Gasteiger partial charge on any atom is 0.143 e. The highest BCUT2D eigenvalue weighted by atomic mass is 79.9. The molecule has 2 aromatic rings. The molecule has 0 saturated carbocycles. The first-order chi connectivity index (χ1) is 9.72. The first kappa shape index (κ1) is 15.2. The summed E-state index contributed by atoms with van der Waals surface area (Å²) in [5, 5.41) is 9.57. The van der Waals surface area contributed by atoms with Crippen molar-refractivity contribution in [3.8, 4) is 0 Å². The van der Waals surface area contributed by atoms with Crippen molar-refractivity contribution in [1.29, 1.82) is 0 Å². The van der Waals surface area contributed by atoms with Gasteiger partial charge in [0.15, 0.2) is 0 Å². The Morgan fingerprint density at radius 1 is 1.15 bits per heavy atom. The van der Waals surface area contributed by atoms with Gasteiger partial charge in [0.1, 0.15) is 11.6 Å². The van der Waals surface area contributed by atoms with E-state index in [1.165, 1.54) is 5.56 Å². The molecule has 0 aliphatic carbocycles. The van der Waals surface area contributed by atoms with Crippen molar-refractivity contribution >= 4 is 15.9 Å². The predicted octanol–water partition coefficient (Wildman–Crippen LogP) is 4.37. The molecule has 108 valence electrons. The van der Waals surface area contributed by atoms with Crippen LogP contribution in [-0.2, 0) is 11.9 Å². The number of hydrogen-bond acceptors (Lipinski definition) is 2. The molecule has 2 rings (SSSR count). The van der Waals surface area contributed by atoms with E-state index in [-0.39, 0.29) is 0 Å². The van der Waals surface area contributed by atoms with Crippen molar-refractivity contribution in [3.05, 3.63) is 47.5 Å². The highest BCUT2D eigenvalue weighted by molar-refractivity contribution is 9.08. The summed E-state index contributed by atoms with van der Waals surface area (Å²) in [5.41, 5.74) is 1.32. The number of halogens is 1. The van der Waals surface area contributed by atoms with Crippen LogP contribution in [0.5, 0.6) is 0 Å². The van der Waals surface area contributed by atoms with Gasteiger partial charge in [0, 0.05) is 12.5 Å². The van der Waals surface area contributed by atoms with Gasteiger partial charge >= 0.3 is 0 Å². The third-order valence-electron chi connectivity index (χ3n) is 3.94. The molecule has 1 heterocycles. The topological polar surface area (TPSA) is 30.7 Å². The van der Waals surface area contributed by atoms with E-state index in [9.17, 15) is 0 Å². The number of nitrogens with zero attached hydrogens (tertiary/aromatic N) is 3. The summed E-state index contributed by atoms with van der Waals surface area (Å²) in [6.07, 6.45) is 1.12. The monoisotopic (exact) mass is 335 g/mol. The Kier molecular flexibility index (Phi) is 5.35. The molecule has 0 bridgehead atoms. The van der Waals surface area contributed by atoms with E-state index in [4.69, 9.17) is 0 Å². The second-order valence-electron chi connectivity index (χ2n) is 5.13. The Morgan fingerprint density at radius 3 is 2.40 bits per heavy atom. The van der Waals surface area contributed by atoms with E-state index in [0.717, 1.165) is 29.9 Å². The van der Waals surface area contributed by atoms with Crippen molar-refractivity contribution < 1.29 is 0 Å². The molecule has 1 aromatic carbocycles. The van der Waals surface area contributed by atoms with Crippen LogP contribution in [0.1, 0.15) is 50.3 Å². The van der Waals surface area contributed by atoms with Gasteiger partial charge < -0.3 is 4.57 Å². The van der Waals surface area contributed by atoms with Gasteiger partial charge in [-0.3, -0.25) is 0 Å². The van der Waals surface area contributed by atoms with Gasteiger partial charge in [0.2, 0.25) is 0 Å². The van der Waals surface area contributed by atoms with E-state index in [2.05, 4.69) is 81.8 Å². The van der Waals surface area contributed by atoms with Gasteiger partial charge in [0.25, 0.3) is 0 Å². The van der Waals surface area contributed by atoms with Gasteiger partial charge in [-0.25, -0.2) is 0 Å². The summed E-state index contributed by atoms with van der Waals surface area (Å²) in [6, 6.07) is 10.6. The van der Waals surface area contributed by atoms with Crippen LogP contribution in [0, 0.1) is 5.92 Å². The minimum Gasteiger partial charge on any atom is -0.314 e. The highest BCUT2D eigenvalue weighted by Crippen LogP contribution is 2.33. The molecule has 0 fully saturated rings. The lowest BCUT2D eigenvalue weighted by Crippen LogP contribution is -2.17. The second-order valence-corrected chi connectivity index (χ2v) is 5.69. The summed E-state index contributed by atoms with van der Waals surface area (Å²) in [5.74, 6) is 2.94. The molecule has 1 aromatic heterocycles. The molecule has 0 aliphatic heterocycles. The number of rotatable bonds is 6. The van der Waals surface area contributed by atoms with E-state index in [0.29, 0.717) is 11.8 Å². The van der Waals surface area contributed by atoms with Crippen molar-refractivity contribution in [2.45, 2.75) is 45.0 Å². The molecule has 0 amide bonds. The van der Waals surface area contributed by atoms with Gasteiger partial charge in [-0.05, 0) is 18.4 Å². The zero-order valence-corrected chi connectivity index (χ0v) is 14.0. The fraction of sp³-hybridized carbons (Fsp3) is 0.500. The Morgan fingerprint density at radius 2 is 1.85 bits per heavy atom. The van der Waals surface area contributed by atoms with Crippen molar-refractivity contribution in [2.24, 2.45) is 5.92 Å². The van der Waals surface area contributed by atoms with E-state index in [1.807, 2.05) is 0 Å². The molecule has 0 saturated heterocycles. The van der Waals surface area contributed by atoms with Gasteiger partial charge in [-0.1, -0.05) is 66.5 Å². The molecule has 2 unspecified atom stereocenters. The zero-order chi connectivity index (χ0) is 14.5. The average molecular weight is 336 g/mol. The second kappa shape index (κ2) is 7.02. The largest absolute Gasteiger partial charge is 0.314 e. The van der Waals surface area contributed by atoms with Gasteiger partial charge in [0.05, 0.1) is 5.33 Å². The van der Waals surface area contributed by atoms with Crippen LogP contribution in [-0.4, -0.2) is 14.8 Å². The first-order valence-electron chi connectivity index (χ1n) is 7.25. The van der Waals surface area contributed by atoms with Crippen LogP contribution in [0.25, 0.3) is 0 Å². The lowest BCUT2D eigenvalue weighted by molar-refractivity contribution is 0.460. The highest BCUT2D eigenvalue weighted by Gasteiger charge is 2.26. The molecule has 2 atom stereocenters. The molecule has 0 radical (unpaired) electrons. The standard InChI is InChI=1S/C16H22BrN3/c1-4-12(3)15(13-9-7-6-8-10-13)16-19-18-14(11-17)20(16)5-2/h6-10,12,15H,4-5,11H2,1-3H3. The lowest BCUT2D eigenvalue weighted by Gasteiger charge is -2.23. The van der Waals surface area contributed by atoms with Crippen LogP contribution >= 0.6 is 15.9 Å². The number of alkyl halides is 1. The van der Waals surface area contributed by atoms with Crippen LogP contribution in [0.3, 0.4) is 0 Å². The smallest absolute Gasteiger partial charge is 0.143 e. The number of benzene rings is 1. The molecular weight excluding hydrogens is 314 g/mol. The maximum absolute atomic E-state index is 4.49. The Balaban J connectivity index is 2.50. The van der Waals surface area contributed by atoms with E-state index in [1.54, 1.807) is 0 Å². The molecule has 0 aliphatic rings. The molecule has 3 nitrogen and oxygen atoms in total. The molecule has 4 heteroatoms. The fourth-order valence-corrected chi connectivity index (χ4v) is 3.07. The Labute approximate surface area is 129 Å². The quantitative estimate of drug-likeness (QED) is 0.734. The normalized spacial score (nSPS) is 14.2. The molecule has 0 N–H and O–H groups in total. The third kappa shape index (κ3) is 2.95. The average Bonchev–Trinajstić information content (AvgIpc) is 2.91. The van der Waals surface area contributed by atoms with Crippen LogP contribution < -0.4 is 0 Å². The fourth-order valence-electron chi connectivity index (χ4n) is 2.65. The number of hydrogen-bond donors (Lipinski definition) is 0. The Hall–Kier alpha value is -1.16. The SMILES string of the molecule is CCC(C)C(c1ccccc1)c1nnc(CBr)n1CC. The van der Waals surface area contributed by atoms with E-state index < -0.39 is 0 Å². The van der Waals surface area contributed by atoms with Crippen molar-refractivity contribution in [3.63, 3.8) is 0 Å². The van der Waals surface area contributed by atoms with Crippen molar-refractivity contribution in [2.75, 3.05) is 0 Å². The summed E-state index contributed by atoms with van der Waals surface area (Å²) in [7, 11) is 0. The van der Waals surface area contributed by atoms with Gasteiger partial charge in [-0.15, -0.1) is 10.2 Å². The molecular formula is C16H22BrN3.